The number of rotatable bonds is 2. The van der Waals surface area contributed by atoms with Crippen molar-refractivity contribution in [3.63, 3.8) is 0 Å². The normalized spacial score (nSPS) is 18.0. The molecule has 0 saturated carbocycles. The molecule has 0 atom stereocenters. The van der Waals surface area contributed by atoms with E-state index in [9.17, 15) is 0 Å². The average molecular weight is 224 g/mol. The number of nitrogens with one attached hydrogen (secondary N) is 1. The van der Waals surface area contributed by atoms with Crippen LogP contribution in [0.1, 0.15) is 24.0 Å². The maximum absolute atomic E-state index is 6.20. The van der Waals surface area contributed by atoms with Crippen molar-refractivity contribution in [3.05, 3.63) is 34.3 Å². The molecule has 1 fully saturated rings. The highest BCUT2D eigenvalue weighted by atomic mass is 35.5. The maximum Gasteiger partial charge on any atom is 0.0438 e. The molecule has 2 rings (SSSR count). The molecular formula is C13H18ClN. The minimum Gasteiger partial charge on any atom is -0.317 e. The fraction of sp³-hybridized carbons (Fsp3) is 0.538. The van der Waals surface area contributed by atoms with Gasteiger partial charge in [-0.1, -0.05) is 29.3 Å². The first-order valence-electron chi connectivity index (χ1n) is 5.71. The van der Waals surface area contributed by atoms with Crippen molar-refractivity contribution in [1.29, 1.82) is 0 Å². The van der Waals surface area contributed by atoms with E-state index >= 15 is 0 Å². The van der Waals surface area contributed by atoms with E-state index in [0.717, 1.165) is 30.5 Å². The quantitative estimate of drug-likeness (QED) is 0.812. The lowest BCUT2D eigenvalue weighted by molar-refractivity contribution is 0.372. The molecule has 0 aromatic heterocycles. The van der Waals surface area contributed by atoms with Gasteiger partial charge in [-0.25, -0.2) is 0 Å². The zero-order valence-electron chi connectivity index (χ0n) is 9.22. The Kier molecular flexibility index (Phi) is 3.66. The second-order valence-electron chi connectivity index (χ2n) is 4.49. The van der Waals surface area contributed by atoms with Gasteiger partial charge in [0.2, 0.25) is 0 Å². The number of benzene rings is 1. The monoisotopic (exact) mass is 223 g/mol. The fourth-order valence-electron chi connectivity index (χ4n) is 2.26. The van der Waals surface area contributed by atoms with Crippen molar-refractivity contribution in [2.75, 3.05) is 13.1 Å². The first kappa shape index (κ1) is 11.0. The Morgan fingerprint density at radius 3 is 2.80 bits per heavy atom. The van der Waals surface area contributed by atoms with Crippen LogP contribution in [0.25, 0.3) is 0 Å². The zero-order chi connectivity index (χ0) is 10.7. The first-order valence-corrected chi connectivity index (χ1v) is 6.09. The third-order valence-corrected chi connectivity index (χ3v) is 3.54. The molecule has 15 heavy (non-hydrogen) atoms. The molecule has 1 aliphatic rings. The van der Waals surface area contributed by atoms with Crippen LogP contribution in [0.2, 0.25) is 5.02 Å². The summed E-state index contributed by atoms with van der Waals surface area (Å²) < 4.78 is 0. The molecule has 0 unspecified atom stereocenters. The number of halogens is 1. The van der Waals surface area contributed by atoms with Crippen LogP contribution in [0.4, 0.5) is 0 Å². The maximum atomic E-state index is 6.20. The van der Waals surface area contributed by atoms with Crippen LogP contribution in [0, 0.1) is 12.8 Å². The molecule has 1 aromatic carbocycles. The molecule has 0 bridgehead atoms. The molecule has 0 aliphatic carbocycles. The second-order valence-corrected chi connectivity index (χ2v) is 4.90. The van der Waals surface area contributed by atoms with Gasteiger partial charge < -0.3 is 5.32 Å². The molecule has 1 aliphatic heterocycles. The van der Waals surface area contributed by atoms with Gasteiger partial charge in [-0.05, 0) is 56.8 Å². The summed E-state index contributed by atoms with van der Waals surface area (Å²) in [6.07, 6.45) is 3.71. The Balaban J connectivity index is 2.05. The largest absolute Gasteiger partial charge is 0.317 e. The van der Waals surface area contributed by atoms with E-state index in [-0.39, 0.29) is 0 Å². The molecule has 0 amide bonds. The van der Waals surface area contributed by atoms with E-state index in [0.29, 0.717) is 0 Å². The molecule has 1 aromatic rings. The number of hydrogen-bond donors (Lipinski definition) is 1. The topological polar surface area (TPSA) is 12.0 Å². The smallest absolute Gasteiger partial charge is 0.0438 e. The number of aryl methyl sites for hydroxylation is 1. The summed E-state index contributed by atoms with van der Waals surface area (Å²) in [5, 5.41) is 4.32. The molecule has 1 saturated heterocycles. The van der Waals surface area contributed by atoms with Crippen molar-refractivity contribution in [1.82, 2.24) is 5.32 Å². The third kappa shape index (κ3) is 2.96. The molecule has 0 radical (unpaired) electrons. The van der Waals surface area contributed by atoms with Gasteiger partial charge in [0.25, 0.3) is 0 Å². The summed E-state index contributed by atoms with van der Waals surface area (Å²) in [5.74, 6) is 0.811. The Bertz CT molecular complexity index is 329. The van der Waals surface area contributed by atoms with E-state index in [1.165, 1.54) is 24.0 Å². The highest BCUT2D eigenvalue weighted by Crippen LogP contribution is 2.24. The highest BCUT2D eigenvalue weighted by Gasteiger charge is 2.14. The van der Waals surface area contributed by atoms with Gasteiger partial charge in [0.15, 0.2) is 0 Å². The SMILES string of the molecule is Cc1ccc(Cl)c(CC2CCNCC2)c1. The predicted molar refractivity (Wildman–Crippen MR) is 65.5 cm³/mol. The van der Waals surface area contributed by atoms with Crippen molar-refractivity contribution in [3.8, 4) is 0 Å². The Morgan fingerprint density at radius 2 is 2.07 bits per heavy atom. The first-order chi connectivity index (χ1) is 7.25. The summed E-state index contributed by atoms with van der Waals surface area (Å²) in [6.45, 7) is 4.45. The van der Waals surface area contributed by atoms with Crippen molar-refractivity contribution in [2.45, 2.75) is 26.2 Å². The van der Waals surface area contributed by atoms with Crippen LogP contribution < -0.4 is 5.32 Å². The summed E-state index contributed by atoms with van der Waals surface area (Å²) in [5.41, 5.74) is 2.63. The van der Waals surface area contributed by atoms with E-state index in [1.54, 1.807) is 0 Å². The minimum atomic E-state index is 0.811. The standard InChI is InChI=1S/C13H18ClN/c1-10-2-3-13(14)12(8-10)9-11-4-6-15-7-5-11/h2-3,8,11,15H,4-7,9H2,1H3. The van der Waals surface area contributed by atoms with Crippen molar-refractivity contribution in [2.24, 2.45) is 5.92 Å². The van der Waals surface area contributed by atoms with Gasteiger partial charge in [-0.15, -0.1) is 0 Å². The van der Waals surface area contributed by atoms with Crippen LogP contribution in [0.5, 0.6) is 0 Å². The van der Waals surface area contributed by atoms with Crippen LogP contribution in [-0.4, -0.2) is 13.1 Å². The summed E-state index contributed by atoms with van der Waals surface area (Å²) in [6, 6.07) is 6.33. The molecule has 2 heteroatoms. The third-order valence-electron chi connectivity index (χ3n) is 3.17. The lowest BCUT2D eigenvalue weighted by atomic mass is 9.90. The van der Waals surface area contributed by atoms with Gasteiger partial charge in [0, 0.05) is 5.02 Å². The lowest BCUT2D eigenvalue weighted by Gasteiger charge is -2.23. The van der Waals surface area contributed by atoms with Crippen molar-refractivity contribution < 1.29 is 0 Å². The molecule has 82 valence electrons. The van der Waals surface area contributed by atoms with E-state index in [2.05, 4.69) is 24.4 Å². The van der Waals surface area contributed by atoms with Crippen LogP contribution in [-0.2, 0) is 6.42 Å². The Hall–Kier alpha value is -0.530. The zero-order valence-corrected chi connectivity index (χ0v) is 9.98. The van der Waals surface area contributed by atoms with Gasteiger partial charge in [0.1, 0.15) is 0 Å². The molecule has 1 nitrogen and oxygen atoms in total. The fourth-order valence-corrected chi connectivity index (χ4v) is 2.45. The van der Waals surface area contributed by atoms with Crippen molar-refractivity contribution >= 4 is 11.6 Å². The van der Waals surface area contributed by atoms with Crippen LogP contribution in [0.15, 0.2) is 18.2 Å². The highest BCUT2D eigenvalue weighted by molar-refractivity contribution is 6.31. The molecule has 0 spiro atoms. The number of hydrogen-bond acceptors (Lipinski definition) is 1. The summed E-state index contributed by atoms with van der Waals surface area (Å²) >= 11 is 6.20. The Morgan fingerprint density at radius 1 is 1.33 bits per heavy atom. The van der Waals surface area contributed by atoms with Crippen LogP contribution in [0.3, 0.4) is 0 Å². The van der Waals surface area contributed by atoms with E-state index < -0.39 is 0 Å². The van der Waals surface area contributed by atoms with Gasteiger partial charge in [-0.2, -0.15) is 0 Å². The van der Waals surface area contributed by atoms with E-state index in [1.807, 2.05) is 6.07 Å². The molecule has 1 heterocycles. The van der Waals surface area contributed by atoms with E-state index in [4.69, 9.17) is 11.6 Å². The molecular weight excluding hydrogens is 206 g/mol. The number of piperidine rings is 1. The Labute approximate surface area is 96.8 Å². The van der Waals surface area contributed by atoms with Gasteiger partial charge >= 0.3 is 0 Å². The second kappa shape index (κ2) is 5.00. The molecule has 1 N–H and O–H groups in total. The lowest BCUT2D eigenvalue weighted by Crippen LogP contribution is -2.28. The van der Waals surface area contributed by atoms with Crippen LogP contribution >= 0.6 is 11.6 Å². The summed E-state index contributed by atoms with van der Waals surface area (Å²) in [7, 11) is 0. The predicted octanol–water partition coefficient (Wildman–Crippen LogP) is 3.19. The van der Waals surface area contributed by atoms with Gasteiger partial charge in [-0.3, -0.25) is 0 Å². The van der Waals surface area contributed by atoms with Gasteiger partial charge in [0.05, 0.1) is 0 Å². The minimum absolute atomic E-state index is 0.811. The summed E-state index contributed by atoms with van der Waals surface area (Å²) in [4.78, 5) is 0. The average Bonchev–Trinajstić information content (AvgIpc) is 2.25.